The fraction of sp³-hybridized carbons (Fsp3) is 0.250. The summed E-state index contributed by atoms with van der Waals surface area (Å²) in [6, 6.07) is 5.32. The second-order valence-corrected chi connectivity index (χ2v) is 4.50. The molecule has 1 saturated carbocycles. The van der Waals surface area contributed by atoms with Crippen LogP contribution in [0.3, 0.4) is 0 Å². The van der Waals surface area contributed by atoms with Gasteiger partial charge in [-0.2, -0.15) is 0 Å². The van der Waals surface area contributed by atoms with Gasteiger partial charge in [0, 0.05) is 5.92 Å². The quantitative estimate of drug-likeness (QED) is 0.731. The largest absolute Gasteiger partial charge is 0.295 e. The van der Waals surface area contributed by atoms with E-state index >= 15 is 0 Å². The topological polar surface area (TPSA) is 17.1 Å². The van der Waals surface area contributed by atoms with E-state index in [-0.39, 0.29) is 11.7 Å². The SMILES string of the molecule is O=C(C=Cc1ccc(Cl)c(Cl)c1)C1CC1. The molecule has 0 radical (unpaired) electrons. The van der Waals surface area contributed by atoms with E-state index in [9.17, 15) is 4.79 Å². The Labute approximate surface area is 98.7 Å². The van der Waals surface area contributed by atoms with Crippen LogP contribution in [0.5, 0.6) is 0 Å². The average Bonchev–Trinajstić information content (AvgIpc) is 3.03. The molecule has 15 heavy (non-hydrogen) atoms. The number of rotatable bonds is 3. The number of allylic oxidation sites excluding steroid dienone is 1. The van der Waals surface area contributed by atoms with Crippen molar-refractivity contribution < 1.29 is 4.79 Å². The molecule has 1 aliphatic rings. The van der Waals surface area contributed by atoms with Crippen LogP contribution in [0.1, 0.15) is 18.4 Å². The van der Waals surface area contributed by atoms with Crippen LogP contribution in [0, 0.1) is 5.92 Å². The number of hydrogen-bond acceptors (Lipinski definition) is 1. The van der Waals surface area contributed by atoms with Crippen molar-refractivity contribution in [3.63, 3.8) is 0 Å². The zero-order valence-electron chi connectivity index (χ0n) is 8.04. The minimum atomic E-state index is 0.209. The molecule has 1 aromatic carbocycles. The van der Waals surface area contributed by atoms with Crippen molar-refractivity contribution in [3.05, 3.63) is 39.9 Å². The Hall–Kier alpha value is -0.790. The number of hydrogen-bond donors (Lipinski definition) is 0. The molecular weight excluding hydrogens is 231 g/mol. The summed E-state index contributed by atoms with van der Waals surface area (Å²) in [5, 5.41) is 1.04. The zero-order chi connectivity index (χ0) is 10.8. The summed E-state index contributed by atoms with van der Waals surface area (Å²) >= 11 is 11.6. The third-order valence-corrected chi connectivity index (χ3v) is 3.10. The normalized spacial score (nSPS) is 15.9. The molecule has 0 heterocycles. The van der Waals surface area contributed by atoms with Gasteiger partial charge in [-0.3, -0.25) is 4.79 Å². The van der Waals surface area contributed by atoms with Crippen LogP contribution in [-0.2, 0) is 4.79 Å². The van der Waals surface area contributed by atoms with Gasteiger partial charge in [0.1, 0.15) is 0 Å². The molecule has 0 unspecified atom stereocenters. The van der Waals surface area contributed by atoms with Crippen LogP contribution in [-0.4, -0.2) is 5.78 Å². The summed E-state index contributed by atoms with van der Waals surface area (Å²) in [4.78, 5) is 11.4. The van der Waals surface area contributed by atoms with E-state index in [1.54, 1.807) is 24.3 Å². The summed E-state index contributed by atoms with van der Waals surface area (Å²) in [5.41, 5.74) is 0.901. The van der Waals surface area contributed by atoms with Gasteiger partial charge >= 0.3 is 0 Å². The van der Waals surface area contributed by atoms with Gasteiger partial charge in [-0.05, 0) is 36.6 Å². The molecule has 0 N–H and O–H groups in total. The number of benzene rings is 1. The summed E-state index contributed by atoms with van der Waals surface area (Å²) < 4.78 is 0. The highest BCUT2D eigenvalue weighted by Gasteiger charge is 2.27. The maximum atomic E-state index is 11.4. The lowest BCUT2D eigenvalue weighted by Crippen LogP contribution is -1.93. The molecule has 0 saturated heterocycles. The Morgan fingerprint density at radius 2 is 2.00 bits per heavy atom. The first-order chi connectivity index (χ1) is 7.16. The van der Waals surface area contributed by atoms with E-state index in [1.807, 2.05) is 6.07 Å². The van der Waals surface area contributed by atoms with E-state index in [4.69, 9.17) is 23.2 Å². The monoisotopic (exact) mass is 240 g/mol. The van der Waals surface area contributed by atoms with Crippen LogP contribution in [0.2, 0.25) is 10.0 Å². The molecule has 0 spiro atoms. The van der Waals surface area contributed by atoms with E-state index in [0.717, 1.165) is 18.4 Å². The molecule has 1 aliphatic carbocycles. The predicted octanol–water partition coefficient (Wildman–Crippen LogP) is 3.99. The van der Waals surface area contributed by atoms with E-state index in [0.29, 0.717) is 10.0 Å². The molecule has 1 nitrogen and oxygen atoms in total. The second kappa shape index (κ2) is 4.38. The van der Waals surface area contributed by atoms with Crippen molar-refractivity contribution in [1.82, 2.24) is 0 Å². The predicted molar refractivity (Wildman–Crippen MR) is 63.2 cm³/mol. The van der Waals surface area contributed by atoms with Crippen LogP contribution < -0.4 is 0 Å². The third-order valence-electron chi connectivity index (χ3n) is 2.36. The van der Waals surface area contributed by atoms with Crippen LogP contribution in [0.4, 0.5) is 0 Å². The van der Waals surface area contributed by atoms with Gasteiger partial charge in [-0.1, -0.05) is 35.3 Å². The highest BCUT2D eigenvalue weighted by molar-refractivity contribution is 6.42. The maximum absolute atomic E-state index is 11.4. The Kier molecular flexibility index (Phi) is 3.13. The summed E-state index contributed by atoms with van der Waals surface area (Å²) in [5.74, 6) is 0.477. The van der Waals surface area contributed by atoms with Gasteiger partial charge in [0.2, 0.25) is 0 Å². The first kappa shape index (κ1) is 10.7. The molecule has 1 fully saturated rings. The molecule has 0 atom stereocenters. The highest BCUT2D eigenvalue weighted by atomic mass is 35.5. The van der Waals surface area contributed by atoms with Crippen molar-refractivity contribution in [2.24, 2.45) is 5.92 Å². The molecule has 0 bridgehead atoms. The highest BCUT2D eigenvalue weighted by Crippen LogP contribution is 2.30. The Morgan fingerprint density at radius 3 is 2.60 bits per heavy atom. The van der Waals surface area contributed by atoms with Gasteiger partial charge in [-0.25, -0.2) is 0 Å². The Morgan fingerprint density at radius 1 is 1.27 bits per heavy atom. The summed E-state index contributed by atoms with van der Waals surface area (Å²) in [7, 11) is 0. The zero-order valence-corrected chi connectivity index (χ0v) is 9.55. The average molecular weight is 241 g/mol. The number of carbonyl (C=O) groups is 1. The minimum Gasteiger partial charge on any atom is -0.295 e. The van der Waals surface area contributed by atoms with Gasteiger partial charge in [0.25, 0.3) is 0 Å². The lowest BCUT2D eigenvalue weighted by molar-refractivity contribution is -0.115. The lowest BCUT2D eigenvalue weighted by Gasteiger charge is -1.97. The van der Waals surface area contributed by atoms with Crippen molar-refractivity contribution in [3.8, 4) is 0 Å². The molecule has 0 amide bonds. The molecule has 1 aromatic rings. The molecule has 0 aliphatic heterocycles. The van der Waals surface area contributed by atoms with Crippen molar-refractivity contribution >= 4 is 35.1 Å². The molecule has 0 aromatic heterocycles. The number of halogens is 2. The molecular formula is C12H10Cl2O. The summed E-state index contributed by atoms with van der Waals surface area (Å²) in [6.45, 7) is 0. The van der Waals surface area contributed by atoms with Crippen molar-refractivity contribution in [2.45, 2.75) is 12.8 Å². The molecule has 78 valence electrons. The Balaban J connectivity index is 2.09. The smallest absolute Gasteiger partial charge is 0.158 e. The molecule has 3 heteroatoms. The third kappa shape index (κ3) is 2.83. The van der Waals surface area contributed by atoms with E-state index < -0.39 is 0 Å². The summed E-state index contributed by atoms with van der Waals surface area (Å²) in [6.07, 6.45) is 5.47. The first-order valence-corrected chi connectivity index (χ1v) is 5.59. The lowest BCUT2D eigenvalue weighted by atomic mass is 10.1. The van der Waals surface area contributed by atoms with Crippen molar-refractivity contribution in [2.75, 3.05) is 0 Å². The number of ketones is 1. The first-order valence-electron chi connectivity index (χ1n) is 4.84. The number of carbonyl (C=O) groups excluding carboxylic acids is 1. The Bertz CT molecular complexity index is 420. The van der Waals surface area contributed by atoms with Gasteiger partial charge in [0.15, 0.2) is 5.78 Å². The van der Waals surface area contributed by atoms with Crippen LogP contribution in [0.25, 0.3) is 6.08 Å². The fourth-order valence-electron chi connectivity index (χ4n) is 1.30. The van der Waals surface area contributed by atoms with Gasteiger partial charge < -0.3 is 0 Å². The fourth-order valence-corrected chi connectivity index (χ4v) is 1.60. The van der Waals surface area contributed by atoms with Gasteiger partial charge in [-0.15, -0.1) is 0 Å². The molecule has 2 rings (SSSR count). The van der Waals surface area contributed by atoms with Crippen LogP contribution >= 0.6 is 23.2 Å². The van der Waals surface area contributed by atoms with Gasteiger partial charge in [0.05, 0.1) is 10.0 Å². The van der Waals surface area contributed by atoms with E-state index in [1.165, 1.54) is 0 Å². The standard InChI is InChI=1S/C12H10Cl2O/c13-10-5-1-8(7-11(10)14)2-6-12(15)9-3-4-9/h1-2,5-7,9H,3-4H2. The maximum Gasteiger partial charge on any atom is 0.158 e. The van der Waals surface area contributed by atoms with Crippen LogP contribution in [0.15, 0.2) is 24.3 Å². The second-order valence-electron chi connectivity index (χ2n) is 3.68. The van der Waals surface area contributed by atoms with Crippen molar-refractivity contribution in [1.29, 1.82) is 0 Å². The minimum absolute atomic E-state index is 0.209. The van der Waals surface area contributed by atoms with E-state index in [2.05, 4.69) is 0 Å².